The van der Waals surface area contributed by atoms with E-state index in [4.69, 9.17) is 4.74 Å². The number of hydrogen-bond donors (Lipinski definition) is 1. The Labute approximate surface area is 155 Å². The smallest absolute Gasteiger partial charge is 0.339 e. The standard InChI is InChI=1S/C21H30N2O3/c1-12-17(20(25)26-4)13(2)22-18(12)19(24)23(3)11-21-8-14-5-15(9-21)7-16(6-14)10-21/h14-16,22H,5-11H2,1-4H3. The van der Waals surface area contributed by atoms with Gasteiger partial charge < -0.3 is 14.6 Å². The van der Waals surface area contributed by atoms with E-state index in [0.29, 0.717) is 27.9 Å². The molecule has 26 heavy (non-hydrogen) atoms. The summed E-state index contributed by atoms with van der Waals surface area (Å²) in [6, 6.07) is 0. The molecule has 4 fully saturated rings. The van der Waals surface area contributed by atoms with Crippen molar-refractivity contribution in [1.29, 1.82) is 0 Å². The van der Waals surface area contributed by atoms with Crippen molar-refractivity contribution in [3.05, 3.63) is 22.5 Å². The van der Waals surface area contributed by atoms with E-state index in [0.717, 1.165) is 24.3 Å². The maximum Gasteiger partial charge on any atom is 0.339 e. The highest BCUT2D eigenvalue weighted by molar-refractivity contribution is 6.00. The maximum absolute atomic E-state index is 13.1. The monoisotopic (exact) mass is 358 g/mol. The molecular formula is C21H30N2O3. The number of aryl methyl sites for hydroxylation is 1. The lowest BCUT2D eigenvalue weighted by atomic mass is 9.49. The molecular weight excluding hydrogens is 328 g/mol. The number of nitrogens with zero attached hydrogens (tertiary/aromatic N) is 1. The first-order chi connectivity index (χ1) is 12.3. The number of methoxy groups -OCH3 is 1. The Morgan fingerprint density at radius 1 is 1.12 bits per heavy atom. The van der Waals surface area contributed by atoms with E-state index >= 15 is 0 Å². The first-order valence-electron chi connectivity index (χ1n) is 9.85. The number of carbonyl (C=O) groups excluding carboxylic acids is 2. The van der Waals surface area contributed by atoms with Crippen LogP contribution in [0.2, 0.25) is 0 Å². The number of carbonyl (C=O) groups is 2. The molecule has 4 aliphatic rings. The normalized spacial score (nSPS) is 31.9. The minimum atomic E-state index is -0.390. The van der Waals surface area contributed by atoms with Gasteiger partial charge in [-0.2, -0.15) is 0 Å². The summed E-state index contributed by atoms with van der Waals surface area (Å²) in [6.07, 6.45) is 8.09. The summed E-state index contributed by atoms with van der Waals surface area (Å²) in [5.41, 5.74) is 2.71. The molecule has 1 N–H and O–H groups in total. The van der Waals surface area contributed by atoms with E-state index in [1.54, 1.807) is 0 Å². The van der Waals surface area contributed by atoms with Crippen LogP contribution in [0.4, 0.5) is 0 Å². The largest absolute Gasteiger partial charge is 0.465 e. The van der Waals surface area contributed by atoms with E-state index in [-0.39, 0.29) is 11.9 Å². The highest BCUT2D eigenvalue weighted by Crippen LogP contribution is 2.60. The van der Waals surface area contributed by atoms with Gasteiger partial charge in [0.15, 0.2) is 0 Å². The number of rotatable bonds is 4. The predicted molar refractivity (Wildman–Crippen MR) is 99.2 cm³/mol. The molecule has 142 valence electrons. The van der Waals surface area contributed by atoms with Crippen LogP contribution in [-0.4, -0.2) is 42.5 Å². The zero-order valence-corrected chi connectivity index (χ0v) is 16.4. The van der Waals surface area contributed by atoms with Crippen molar-refractivity contribution in [1.82, 2.24) is 9.88 Å². The summed E-state index contributed by atoms with van der Waals surface area (Å²) < 4.78 is 4.86. The van der Waals surface area contributed by atoms with Crippen LogP contribution in [0.1, 0.15) is 70.6 Å². The van der Waals surface area contributed by atoms with Crippen molar-refractivity contribution in [3.8, 4) is 0 Å². The molecule has 0 atom stereocenters. The van der Waals surface area contributed by atoms with Crippen LogP contribution < -0.4 is 0 Å². The number of esters is 1. The first kappa shape index (κ1) is 17.6. The average molecular weight is 358 g/mol. The zero-order valence-electron chi connectivity index (χ0n) is 16.4. The Kier molecular flexibility index (Phi) is 4.16. The van der Waals surface area contributed by atoms with Gasteiger partial charge in [0.25, 0.3) is 5.91 Å². The first-order valence-corrected chi connectivity index (χ1v) is 9.85. The van der Waals surface area contributed by atoms with Crippen molar-refractivity contribution in [2.45, 2.75) is 52.4 Å². The molecule has 0 unspecified atom stereocenters. The number of ether oxygens (including phenoxy) is 1. The fourth-order valence-corrected chi connectivity index (χ4v) is 6.62. The Hall–Kier alpha value is -1.78. The molecule has 4 bridgehead atoms. The van der Waals surface area contributed by atoms with Gasteiger partial charge in [0.05, 0.1) is 12.7 Å². The van der Waals surface area contributed by atoms with E-state index in [2.05, 4.69) is 4.98 Å². The number of H-pyrrole nitrogens is 1. The average Bonchev–Trinajstić information content (AvgIpc) is 2.86. The minimum Gasteiger partial charge on any atom is -0.465 e. The van der Waals surface area contributed by atoms with Gasteiger partial charge in [0, 0.05) is 19.3 Å². The quantitative estimate of drug-likeness (QED) is 0.835. The SMILES string of the molecule is COC(=O)c1c(C)[nH]c(C(=O)N(C)CC23CC4CC(CC(C4)C2)C3)c1C. The topological polar surface area (TPSA) is 62.4 Å². The van der Waals surface area contributed by atoms with Gasteiger partial charge in [-0.1, -0.05) is 0 Å². The van der Waals surface area contributed by atoms with E-state index < -0.39 is 0 Å². The van der Waals surface area contributed by atoms with Crippen molar-refractivity contribution in [2.24, 2.45) is 23.2 Å². The van der Waals surface area contributed by atoms with Crippen LogP contribution >= 0.6 is 0 Å². The molecule has 0 radical (unpaired) electrons. The van der Waals surface area contributed by atoms with Crippen molar-refractivity contribution >= 4 is 11.9 Å². The second-order valence-electron chi connectivity index (χ2n) is 9.20. The molecule has 1 amide bonds. The van der Waals surface area contributed by atoms with Crippen LogP contribution in [0.15, 0.2) is 0 Å². The summed E-state index contributed by atoms with van der Waals surface area (Å²) in [7, 11) is 3.28. The van der Waals surface area contributed by atoms with E-state index in [1.165, 1.54) is 45.6 Å². The molecule has 0 spiro atoms. The molecule has 1 aromatic rings. The Morgan fingerprint density at radius 2 is 1.65 bits per heavy atom. The Morgan fingerprint density at radius 3 is 2.15 bits per heavy atom. The molecule has 0 saturated heterocycles. The van der Waals surface area contributed by atoms with Crippen LogP contribution in [-0.2, 0) is 4.74 Å². The van der Waals surface area contributed by atoms with Gasteiger partial charge in [-0.3, -0.25) is 4.79 Å². The highest BCUT2D eigenvalue weighted by Gasteiger charge is 2.51. The zero-order chi connectivity index (χ0) is 18.6. The molecule has 5 rings (SSSR count). The Balaban J connectivity index is 1.53. The van der Waals surface area contributed by atoms with Gasteiger partial charge in [-0.15, -0.1) is 0 Å². The molecule has 4 saturated carbocycles. The molecule has 0 aromatic carbocycles. The van der Waals surface area contributed by atoms with Crippen LogP contribution in [0, 0.1) is 37.0 Å². The molecule has 5 nitrogen and oxygen atoms in total. The number of hydrogen-bond acceptors (Lipinski definition) is 3. The molecule has 5 heteroatoms. The van der Waals surface area contributed by atoms with Crippen LogP contribution in [0.3, 0.4) is 0 Å². The lowest BCUT2D eigenvalue weighted by Gasteiger charge is -2.57. The highest BCUT2D eigenvalue weighted by atomic mass is 16.5. The summed E-state index contributed by atoms with van der Waals surface area (Å²) in [6.45, 7) is 4.47. The van der Waals surface area contributed by atoms with E-state index in [9.17, 15) is 9.59 Å². The third-order valence-electron chi connectivity index (χ3n) is 7.13. The Bertz CT molecular complexity index is 713. The lowest BCUT2D eigenvalue weighted by Crippen LogP contribution is -2.51. The van der Waals surface area contributed by atoms with Crippen LogP contribution in [0.25, 0.3) is 0 Å². The maximum atomic E-state index is 13.1. The molecule has 1 heterocycles. The number of amides is 1. The number of aromatic nitrogens is 1. The number of nitrogens with one attached hydrogen (secondary N) is 1. The second kappa shape index (κ2) is 6.14. The molecule has 1 aromatic heterocycles. The molecule has 4 aliphatic carbocycles. The van der Waals surface area contributed by atoms with Crippen LogP contribution in [0.5, 0.6) is 0 Å². The van der Waals surface area contributed by atoms with Crippen molar-refractivity contribution in [3.63, 3.8) is 0 Å². The van der Waals surface area contributed by atoms with E-state index in [1.807, 2.05) is 25.8 Å². The second-order valence-corrected chi connectivity index (χ2v) is 9.20. The minimum absolute atomic E-state index is 0.0171. The van der Waals surface area contributed by atoms with Gasteiger partial charge in [-0.05, 0) is 81.1 Å². The lowest BCUT2D eigenvalue weighted by molar-refractivity contribution is -0.0629. The summed E-state index contributed by atoms with van der Waals surface area (Å²) in [5, 5.41) is 0. The van der Waals surface area contributed by atoms with Gasteiger partial charge in [0.2, 0.25) is 0 Å². The molecule has 0 aliphatic heterocycles. The summed E-state index contributed by atoms with van der Waals surface area (Å²) >= 11 is 0. The third kappa shape index (κ3) is 2.76. The van der Waals surface area contributed by atoms with Crippen molar-refractivity contribution < 1.29 is 14.3 Å². The summed E-state index contributed by atoms with van der Waals surface area (Å²) in [5.74, 6) is 2.23. The van der Waals surface area contributed by atoms with Gasteiger partial charge >= 0.3 is 5.97 Å². The van der Waals surface area contributed by atoms with Gasteiger partial charge in [0.1, 0.15) is 5.69 Å². The fourth-order valence-electron chi connectivity index (χ4n) is 6.62. The van der Waals surface area contributed by atoms with Crippen molar-refractivity contribution in [2.75, 3.05) is 20.7 Å². The number of aromatic amines is 1. The van der Waals surface area contributed by atoms with Gasteiger partial charge in [-0.25, -0.2) is 4.79 Å². The fraction of sp³-hybridized carbons (Fsp3) is 0.714. The predicted octanol–water partition coefficient (Wildman–Crippen LogP) is 3.71. The third-order valence-corrected chi connectivity index (χ3v) is 7.13. The summed E-state index contributed by atoms with van der Waals surface area (Å²) in [4.78, 5) is 30.1.